The number of aromatic nitrogens is 2. The van der Waals surface area contributed by atoms with Crippen LogP contribution in [0.25, 0.3) is 33.1 Å². The van der Waals surface area contributed by atoms with Crippen molar-refractivity contribution < 1.29 is 8.42 Å². The topological polar surface area (TPSA) is 59.9 Å². The van der Waals surface area contributed by atoms with Crippen LogP contribution in [0.15, 0.2) is 107 Å². The Morgan fingerprint density at radius 2 is 1.41 bits per heavy atom. The van der Waals surface area contributed by atoms with E-state index in [-0.39, 0.29) is 9.79 Å². The lowest BCUT2D eigenvalue weighted by Gasteiger charge is -2.12. The molecule has 0 saturated heterocycles. The molecule has 4 nitrogen and oxygen atoms in total. The van der Waals surface area contributed by atoms with E-state index in [0.717, 1.165) is 16.5 Å². The minimum atomic E-state index is -3.73. The zero-order valence-electron chi connectivity index (χ0n) is 15.4. The molecule has 0 N–H and O–H groups in total. The van der Waals surface area contributed by atoms with Crippen molar-refractivity contribution in [3.63, 3.8) is 0 Å². The van der Waals surface area contributed by atoms with Gasteiger partial charge in [-0.2, -0.15) is 0 Å². The molecule has 0 bridgehead atoms. The van der Waals surface area contributed by atoms with E-state index >= 15 is 0 Å². The summed E-state index contributed by atoms with van der Waals surface area (Å²) in [5.74, 6) is 0. The molecule has 0 radical (unpaired) electrons. The van der Waals surface area contributed by atoms with Crippen molar-refractivity contribution in [3.8, 4) is 11.3 Å². The quantitative estimate of drug-likeness (QED) is 0.389. The van der Waals surface area contributed by atoms with E-state index in [1.54, 1.807) is 48.7 Å². The van der Waals surface area contributed by atoms with Crippen molar-refractivity contribution in [3.05, 3.63) is 97.2 Å². The lowest BCUT2D eigenvalue weighted by atomic mass is 10.1. The molecular weight excluding hydrogens is 380 g/mol. The Bertz CT molecular complexity index is 1450. The smallest absolute Gasteiger partial charge is 0.207 e. The highest BCUT2D eigenvalue weighted by Crippen LogP contribution is 2.34. The van der Waals surface area contributed by atoms with Gasteiger partial charge in [0.25, 0.3) is 0 Å². The Morgan fingerprint density at radius 1 is 0.690 bits per heavy atom. The van der Waals surface area contributed by atoms with Gasteiger partial charge in [0, 0.05) is 22.5 Å². The molecular formula is C24H16N2O2S. The van der Waals surface area contributed by atoms with Crippen molar-refractivity contribution in [2.75, 3.05) is 0 Å². The Balaban J connectivity index is 1.91. The molecule has 0 unspecified atom stereocenters. The van der Waals surface area contributed by atoms with E-state index in [2.05, 4.69) is 4.98 Å². The van der Waals surface area contributed by atoms with Crippen molar-refractivity contribution >= 4 is 31.6 Å². The number of hydrogen-bond acceptors (Lipinski definition) is 4. The molecule has 0 spiro atoms. The van der Waals surface area contributed by atoms with Gasteiger partial charge in [0.05, 0.1) is 26.5 Å². The monoisotopic (exact) mass is 396 g/mol. The molecule has 0 aliphatic rings. The average Bonchev–Trinajstić information content (AvgIpc) is 2.79. The van der Waals surface area contributed by atoms with Crippen LogP contribution in [0.1, 0.15) is 0 Å². The van der Waals surface area contributed by atoms with Crippen LogP contribution in [0.5, 0.6) is 0 Å². The summed E-state index contributed by atoms with van der Waals surface area (Å²) < 4.78 is 27.0. The van der Waals surface area contributed by atoms with E-state index in [1.165, 1.54) is 0 Å². The standard InChI is InChI=1S/C24H16N2O2S/c27-29(28,18-10-5-2-6-11-18)23-16-22(17-8-3-1-4-9-17)26-24-19-12-7-15-25-21(19)14-13-20(23)24/h1-16H. The highest BCUT2D eigenvalue weighted by atomic mass is 32.2. The third kappa shape index (κ3) is 2.96. The molecule has 2 heterocycles. The van der Waals surface area contributed by atoms with Crippen LogP contribution in [0.2, 0.25) is 0 Å². The van der Waals surface area contributed by atoms with Crippen molar-refractivity contribution in [2.45, 2.75) is 9.79 Å². The second-order valence-electron chi connectivity index (χ2n) is 6.72. The Labute approximate surface area is 168 Å². The van der Waals surface area contributed by atoms with E-state index in [0.29, 0.717) is 16.6 Å². The molecule has 5 aromatic rings. The van der Waals surface area contributed by atoms with Crippen LogP contribution in [0.3, 0.4) is 0 Å². The van der Waals surface area contributed by atoms with E-state index in [1.807, 2.05) is 48.5 Å². The highest BCUT2D eigenvalue weighted by molar-refractivity contribution is 7.91. The number of hydrogen-bond donors (Lipinski definition) is 0. The van der Waals surface area contributed by atoms with E-state index in [9.17, 15) is 8.42 Å². The number of nitrogens with zero attached hydrogens (tertiary/aromatic N) is 2. The number of benzene rings is 3. The summed E-state index contributed by atoms with van der Waals surface area (Å²) >= 11 is 0. The van der Waals surface area contributed by atoms with Crippen molar-refractivity contribution in [2.24, 2.45) is 0 Å². The third-order valence-electron chi connectivity index (χ3n) is 4.93. The van der Waals surface area contributed by atoms with Gasteiger partial charge < -0.3 is 0 Å². The fourth-order valence-electron chi connectivity index (χ4n) is 3.52. The predicted octanol–water partition coefficient (Wildman–Crippen LogP) is 5.28. The Hall–Kier alpha value is -3.57. The molecule has 5 rings (SSSR count). The maximum atomic E-state index is 13.5. The first-order valence-corrected chi connectivity index (χ1v) is 10.7. The minimum absolute atomic E-state index is 0.248. The zero-order chi connectivity index (χ0) is 19.8. The van der Waals surface area contributed by atoms with Crippen molar-refractivity contribution in [1.82, 2.24) is 9.97 Å². The molecule has 0 fully saturated rings. The lowest BCUT2D eigenvalue weighted by molar-refractivity contribution is 0.597. The molecule has 0 amide bonds. The first-order chi connectivity index (χ1) is 14.1. The second-order valence-corrected chi connectivity index (χ2v) is 8.64. The molecule has 0 aliphatic heterocycles. The predicted molar refractivity (Wildman–Crippen MR) is 114 cm³/mol. The Morgan fingerprint density at radius 3 is 2.17 bits per heavy atom. The molecule has 3 aromatic carbocycles. The summed E-state index contributed by atoms with van der Waals surface area (Å²) in [5, 5.41) is 1.42. The van der Waals surface area contributed by atoms with Gasteiger partial charge in [-0.15, -0.1) is 0 Å². The number of fused-ring (bicyclic) bond motifs is 3. The molecule has 140 valence electrons. The van der Waals surface area contributed by atoms with Crippen LogP contribution >= 0.6 is 0 Å². The minimum Gasteiger partial charge on any atom is -0.256 e. The lowest BCUT2D eigenvalue weighted by Crippen LogP contribution is -2.04. The van der Waals surface area contributed by atoms with Crippen LogP contribution < -0.4 is 0 Å². The van der Waals surface area contributed by atoms with Gasteiger partial charge in [0.15, 0.2) is 0 Å². The summed E-state index contributed by atoms with van der Waals surface area (Å²) in [6, 6.07) is 27.2. The molecule has 0 saturated carbocycles. The zero-order valence-corrected chi connectivity index (χ0v) is 16.2. The van der Waals surface area contributed by atoms with Crippen LogP contribution in [0, 0.1) is 0 Å². The van der Waals surface area contributed by atoms with Gasteiger partial charge in [-0.3, -0.25) is 4.98 Å². The van der Waals surface area contributed by atoms with Gasteiger partial charge in [-0.1, -0.05) is 48.5 Å². The van der Waals surface area contributed by atoms with E-state index < -0.39 is 9.84 Å². The number of pyridine rings is 2. The molecule has 29 heavy (non-hydrogen) atoms. The molecule has 0 aliphatic carbocycles. The third-order valence-corrected chi connectivity index (χ3v) is 6.74. The first-order valence-electron chi connectivity index (χ1n) is 9.19. The highest BCUT2D eigenvalue weighted by Gasteiger charge is 2.23. The molecule has 0 atom stereocenters. The SMILES string of the molecule is O=S(=O)(c1ccccc1)c1cc(-c2ccccc2)nc2c1ccc1ncccc12. The van der Waals surface area contributed by atoms with Crippen molar-refractivity contribution in [1.29, 1.82) is 0 Å². The number of rotatable bonds is 3. The normalized spacial score (nSPS) is 11.7. The maximum absolute atomic E-state index is 13.5. The van der Waals surface area contributed by atoms with Gasteiger partial charge in [0.2, 0.25) is 9.84 Å². The summed E-state index contributed by atoms with van der Waals surface area (Å²) in [6.45, 7) is 0. The molecule has 5 heteroatoms. The van der Waals surface area contributed by atoms with Crippen LogP contribution in [0.4, 0.5) is 0 Å². The van der Waals surface area contributed by atoms with Gasteiger partial charge >= 0.3 is 0 Å². The largest absolute Gasteiger partial charge is 0.256 e. The van der Waals surface area contributed by atoms with Gasteiger partial charge in [0.1, 0.15) is 0 Å². The summed E-state index contributed by atoms with van der Waals surface area (Å²) in [6.07, 6.45) is 1.72. The Kier molecular flexibility index (Phi) is 4.11. The fraction of sp³-hybridized carbons (Fsp3) is 0. The van der Waals surface area contributed by atoms with Gasteiger partial charge in [-0.05, 0) is 42.5 Å². The van der Waals surface area contributed by atoms with Crippen LogP contribution in [-0.2, 0) is 9.84 Å². The molecule has 2 aromatic heterocycles. The maximum Gasteiger partial charge on any atom is 0.207 e. The number of sulfone groups is 1. The van der Waals surface area contributed by atoms with E-state index in [4.69, 9.17) is 4.98 Å². The summed E-state index contributed by atoms with van der Waals surface area (Å²) in [4.78, 5) is 9.74. The summed E-state index contributed by atoms with van der Waals surface area (Å²) in [5.41, 5.74) is 2.89. The second kappa shape index (κ2) is 6.79. The van der Waals surface area contributed by atoms with Crippen LogP contribution in [-0.4, -0.2) is 18.4 Å². The summed E-state index contributed by atoms with van der Waals surface area (Å²) in [7, 11) is -3.73. The fourth-order valence-corrected chi connectivity index (χ4v) is 5.01. The first kappa shape index (κ1) is 17.5. The van der Waals surface area contributed by atoms with Gasteiger partial charge in [-0.25, -0.2) is 13.4 Å². The average molecular weight is 396 g/mol.